The molecule has 0 aliphatic carbocycles. The average molecular weight is 252 g/mol. The van der Waals surface area contributed by atoms with Gasteiger partial charge in [-0.05, 0) is 32.1 Å². The molecular formula is C16H32N2. The van der Waals surface area contributed by atoms with Crippen molar-refractivity contribution >= 4 is 0 Å². The van der Waals surface area contributed by atoms with Crippen molar-refractivity contribution < 1.29 is 0 Å². The highest BCUT2D eigenvalue weighted by atomic mass is 15.4. The molecule has 0 aromatic carbocycles. The molecule has 0 radical (unpaired) electrons. The summed E-state index contributed by atoms with van der Waals surface area (Å²) in [7, 11) is 0. The Kier molecular flexibility index (Phi) is 4.08. The van der Waals surface area contributed by atoms with Gasteiger partial charge in [0.1, 0.15) is 0 Å². The Bertz CT molecular complexity index is 279. The van der Waals surface area contributed by atoms with Crippen molar-refractivity contribution in [2.75, 3.05) is 19.6 Å². The van der Waals surface area contributed by atoms with Crippen molar-refractivity contribution in [2.24, 2.45) is 0 Å². The summed E-state index contributed by atoms with van der Waals surface area (Å²) >= 11 is 0. The van der Waals surface area contributed by atoms with E-state index in [9.17, 15) is 0 Å². The third kappa shape index (κ3) is 1.54. The lowest BCUT2D eigenvalue weighted by molar-refractivity contribution is -0.195. The second kappa shape index (κ2) is 5.13. The average Bonchev–Trinajstić information content (AvgIpc) is 2.46. The topological polar surface area (TPSA) is 6.48 Å². The first-order valence-corrected chi connectivity index (χ1v) is 8.17. The number of rotatable bonds is 5. The van der Waals surface area contributed by atoms with Crippen LogP contribution < -0.4 is 0 Å². The second-order valence-corrected chi connectivity index (χ2v) is 6.18. The lowest BCUT2D eigenvalue weighted by Gasteiger charge is -2.70. The van der Waals surface area contributed by atoms with E-state index < -0.39 is 0 Å². The fourth-order valence-electron chi connectivity index (χ4n) is 5.39. The molecule has 3 heterocycles. The van der Waals surface area contributed by atoms with Gasteiger partial charge in [0.2, 0.25) is 0 Å². The van der Waals surface area contributed by atoms with E-state index in [0.29, 0.717) is 11.1 Å². The minimum atomic E-state index is 0.424. The lowest BCUT2D eigenvalue weighted by atomic mass is 9.63. The Balaban J connectivity index is 2.47. The van der Waals surface area contributed by atoms with E-state index in [2.05, 4.69) is 44.4 Å². The van der Waals surface area contributed by atoms with Gasteiger partial charge < -0.3 is 0 Å². The van der Waals surface area contributed by atoms with Gasteiger partial charge in [0.15, 0.2) is 0 Å². The molecule has 0 spiro atoms. The maximum absolute atomic E-state index is 2.90. The van der Waals surface area contributed by atoms with Gasteiger partial charge in [-0.2, -0.15) is 0 Å². The molecule has 2 heteroatoms. The highest BCUT2D eigenvalue weighted by Gasteiger charge is 2.60. The Labute approximate surface area is 114 Å². The van der Waals surface area contributed by atoms with Crippen molar-refractivity contribution in [3.63, 3.8) is 0 Å². The van der Waals surface area contributed by atoms with Crippen molar-refractivity contribution in [1.82, 2.24) is 9.80 Å². The van der Waals surface area contributed by atoms with Gasteiger partial charge >= 0.3 is 0 Å². The second-order valence-electron chi connectivity index (χ2n) is 6.18. The van der Waals surface area contributed by atoms with E-state index >= 15 is 0 Å². The molecule has 2 bridgehead atoms. The zero-order valence-corrected chi connectivity index (χ0v) is 13.1. The van der Waals surface area contributed by atoms with Crippen molar-refractivity contribution in [3.05, 3.63) is 0 Å². The van der Waals surface area contributed by atoms with Crippen LogP contribution in [-0.4, -0.2) is 46.6 Å². The summed E-state index contributed by atoms with van der Waals surface area (Å²) in [6, 6.07) is 0.796. The van der Waals surface area contributed by atoms with Crippen LogP contribution in [0.25, 0.3) is 0 Å². The van der Waals surface area contributed by atoms with Gasteiger partial charge in [0.05, 0.1) is 0 Å². The SMILES string of the molecule is CCC1CN2CCN1C(CC)(CC)C2(CC)CC. The van der Waals surface area contributed by atoms with E-state index in [1.54, 1.807) is 0 Å². The Hall–Kier alpha value is -0.0800. The van der Waals surface area contributed by atoms with Gasteiger partial charge in [0.25, 0.3) is 0 Å². The normalized spacial score (nSPS) is 36.8. The van der Waals surface area contributed by atoms with Crippen molar-refractivity contribution in [2.45, 2.75) is 83.8 Å². The third-order valence-electron chi connectivity index (χ3n) is 6.31. The molecule has 3 unspecified atom stereocenters. The van der Waals surface area contributed by atoms with Gasteiger partial charge in [-0.25, -0.2) is 0 Å². The van der Waals surface area contributed by atoms with E-state index in [4.69, 9.17) is 0 Å². The fourth-order valence-corrected chi connectivity index (χ4v) is 5.39. The summed E-state index contributed by atoms with van der Waals surface area (Å²) in [6.45, 7) is 15.9. The van der Waals surface area contributed by atoms with Gasteiger partial charge in [0, 0.05) is 36.8 Å². The molecule has 0 N–H and O–H groups in total. The monoisotopic (exact) mass is 252 g/mol. The van der Waals surface area contributed by atoms with E-state index in [1.807, 2.05) is 0 Å². The molecule has 3 aliphatic heterocycles. The summed E-state index contributed by atoms with van der Waals surface area (Å²) < 4.78 is 0. The van der Waals surface area contributed by atoms with E-state index in [0.717, 1.165) is 6.04 Å². The van der Waals surface area contributed by atoms with Crippen LogP contribution in [0.15, 0.2) is 0 Å². The maximum atomic E-state index is 2.90. The Morgan fingerprint density at radius 3 is 1.83 bits per heavy atom. The molecule has 0 amide bonds. The van der Waals surface area contributed by atoms with Gasteiger partial charge in [-0.1, -0.05) is 34.6 Å². The van der Waals surface area contributed by atoms with Crippen LogP contribution in [0.5, 0.6) is 0 Å². The zero-order chi connectivity index (χ0) is 13.4. The molecule has 3 aliphatic rings. The number of fused-ring (bicyclic) bond motifs is 3. The van der Waals surface area contributed by atoms with Crippen LogP contribution in [-0.2, 0) is 0 Å². The van der Waals surface area contributed by atoms with Crippen LogP contribution in [0.3, 0.4) is 0 Å². The Morgan fingerprint density at radius 1 is 0.833 bits per heavy atom. The summed E-state index contributed by atoms with van der Waals surface area (Å²) in [6.07, 6.45) is 6.52. The van der Waals surface area contributed by atoms with Crippen LogP contribution in [0, 0.1) is 0 Å². The molecule has 0 saturated carbocycles. The largest absolute Gasteiger partial charge is 0.293 e. The first kappa shape index (κ1) is 14.3. The first-order valence-electron chi connectivity index (χ1n) is 8.17. The fraction of sp³-hybridized carbons (Fsp3) is 1.00. The van der Waals surface area contributed by atoms with Crippen LogP contribution in [0.4, 0.5) is 0 Å². The number of piperazine rings is 3. The molecule has 18 heavy (non-hydrogen) atoms. The standard InChI is InChI=1S/C16H32N2/c1-6-14-13-17-11-12-18(14)16(9-4,10-5)15(17,7-2)8-3/h14H,6-13H2,1-5H3. The molecule has 106 valence electrons. The number of hydrogen-bond acceptors (Lipinski definition) is 2. The highest BCUT2D eigenvalue weighted by molar-refractivity contribution is 5.18. The first-order chi connectivity index (χ1) is 8.65. The van der Waals surface area contributed by atoms with Gasteiger partial charge in [-0.15, -0.1) is 0 Å². The summed E-state index contributed by atoms with van der Waals surface area (Å²) in [5.74, 6) is 0. The van der Waals surface area contributed by atoms with Gasteiger partial charge in [-0.3, -0.25) is 9.80 Å². The van der Waals surface area contributed by atoms with Crippen LogP contribution in [0.2, 0.25) is 0 Å². The Morgan fingerprint density at radius 2 is 1.39 bits per heavy atom. The van der Waals surface area contributed by atoms with E-state index in [1.165, 1.54) is 51.7 Å². The molecular weight excluding hydrogens is 220 g/mol. The molecule has 2 nitrogen and oxygen atoms in total. The predicted octanol–water partition coefficient (Wildman–Crippen LogP) is 3.51. The van der Waals surface area contributed by atoms with E-state index in [-0.39, 0.29) is 0 Å². The smallest absolute Gasteiger partial charge is 0.0391 e. The summed E-state index contributed by atoms with van der Waals surface area (Å²) in [4.78, 5) is 5.76. The number of hydrogen-bond donors (Lipinski definition) is 0. The predicted molar refractivity (Wildman–Crippen MR) is 79.0 cm³/mol. The maximum Gasteiger partial charge on any atom is 0.0391 e. The molecule has 3 saturated heterocycles. The van der Waals surface area contributed by atoms with Crippen LogP contribution >= 0.6 is 0 Å². The highest BCUT2D eigenvalue weighted by Crippen LogP contribution is 2.50. The number of nitrogens with zero attached hydrogens (tertiary/aromatic N) is 2. The molecule has 0 aromatic rings. The summed E-state index contributed by atoms with van der Waals surface area (Å²) in [5, 5.41) is 0. The van der Waals surface area contributed by atoms with Crippen molar-refractivity contribution in [1.29, 1.82) is 0 Å². The molecule has 3 fully saturated rings. The quantitative estimate of drug-likeness (QED) is 0.739. The lowest BCUT2D eigenvalue weighted by Crippen LogP contribution is -2.82. The minimum absolute atomic E-state index is 0.424. The molecule has 3 atom stereocenters. The van der Waals surface area contributed by atoms with Crippen LogP contribution in [0.1, 0.15) is 66.7 Å². The summed E-state index contributed by atoms with van der Waals surface area (Å²) in [5.41, 5.74) is 0.855. The third-order valence-corrected chi connectivity index (χ3v) is 6.31. The minimum Gasteiger partial charge on any atom is -0.293 e. The zero-order valence-electron chi connectivity index (χ0n) is 13.1. The van der Waals surface area contributed by atoms with Crippen molar-refractivity contribution in [3.8, 4) is 0 Å². The molecule has 3 rings (SSSR count). The molecule has 0 aromatic heterocycles.